The maximum Gasteiger partial charge on any atom is 0.315 e. The van der Waals surface area contributed by atoms with E-state index in [1.165, 1.54) is 0 Å². The Hall–Kier alpha value is -4.44. The summed E-state index contributed by atoms with van der Waals surface area (Å²) in [7, 11) is 1.59. The monoisotopic (exact) mass is 456 g/mol. The van der Waals surface area contributed by atoms with Crippen molar-refractivity contribution in [2.75, 3.05) is 13.7 Å². The fourth-order valence-corrected chi connectivity index (χ4v) is 3.90. The third-order valence-electron chi connectivity index (χ3n) is 5.46. The normalized spacial score (nSPS) is 14.4. The molecule has 0 aliphatic carbocycles. The van der Waals surface area contributed by atoms with E-state index in [0.717, 1.165) is 16.7 Å². The van der Waals surface area contributed by atoms with Crippen molar-refractivity contribution >= 4 is 5.97 Å². The Morgan fingerprint density at radius 3 is 2.50 bits per heavy atom. The molecule has 0 saturated carbocycles. The summed E-state index contributed by atoms with van der Waals surface area (Å²) in [6.45, 7) is 2.38. The average Bonchev–Trinajstić information content (AvgIpc) is 2.84. The molecule has 0 amide bonds. The Bertz CT molecular complexity index is 1270. The molecule has 0 saturated heterocycles. The summed E-state index contributed by atoms with van der Waals surface area (Å²) in [6.07, 6.45) is 0.104. The van der Waals surface area contributed by atoms with Crippen LogP contribution >= 0.6 is 0 Å². The van der Waals surface area contributed by atoms with Crippen molar-refractivity contribution in [1.82, 2.24) is 0 Å². The molecule has 0 radical (unpaired) electrons. The topological polar surface area (TPSA) is 104 Å². The van der Waals surface area contributed by atoms with Crippen molar-refractivity contribution in [1.29, 1.82) is 5.26 Å². The van der Waals surface area contributed by atoms with Crippen LogP contribution in [0.15, 0.2) is 78.2 Å². The Morgan fingerprint density at radius 1 is 1.06 bits per heavy atom. The molecular weight excluding hydrogens is 432 g/mol. The summed E-state index contributed by atoms with van der Waals surface area (Å²) < 4.78 is 22.2. The van der Waals surface area contributed by atoms with Crippen LogP contribution in [-0.4, -0.2) is 19.7 Å². The zero-order chi connectivity index (χ0) is 24.1. The molecule has 7 heteroatoms. The number of hydrogen-bond acceptors (Lipinski definition) is 7. The fraction of sp³-hybridized carbons (Fsp3) is 0.185. The number of nitriles is 1. The van der Waals surface area contributed by atoms with Gasteiger partial charge in [-0.2, -0.15) is 5.26 Å². The molecule has 1 unspecified atom stereocenters. The lowest BCUT2D eigenvalue weighted by Gasteiger charge is -2.27. The summed E-state index contributed by atoms with van der Waals surface area (Å²) >= 11 is 0. The van der Waals surface area contributed by atoms with Gasteiger partial charge in [0, 0.05) is 17.2 Å². The number of methoxy groups -OCH3 is 1. The molecular formula is C27H24N2O5. The minimum absolute atomic E-state index is 0.00742. The summed E-state index contributed by atoms with van der Waals surface area (Å²) in [6, 6.07) is 22.0. The van der Waals surface area contributed by atoms with E-state index in [0.29, 0.717) is 35.2 Å². The fourth-order valence-electron chi connectivity index (χ4n) is 3.90. The molecule has 34 heavy (non-hydrogen) atoms. The van der Waals surface area contributed by atoms with Gasteiger partial charge in [0.1, 0.15) is 34.6 Å². The molecule has 4 rings (SSSR count). The van der Waals surface area contributed by atoms with Crippen LogP contribution in [0.4, 0.5) is 0 Å². The number of allylic oxidation sites excluding steroid dienone is 1. The predicted molar refractivity (Wildman–Crippen MR) is 126 cm³/mol. The van der Waals surface area contributed by atoms with E-state index >= 15 is 0 Å². The lowest BCUT2D eigenvalue weighted by molar-refractivity contribution is -0.133. The largest absolute Gasteiger partial charge is 0.497 e. The molecule has 0 aromatic heterocycles. The van der Waals surface area contributed by atoms with Crippen LogP contribution in [0, 0.1) is 11.3 Å². The zero-order valence-electron chi connectivity index (χ0n) is 18.9. The Morgan fingerprint density at radius 2 is 1.79 bits per heavy atom. The molecule has 7 nitrogen and oxygen atoms in total. The van der Waals surface area contributed by atoms with Gasteiger partial charge >= 0.3 is 5.97 Å². The molecule has 2 N–H and O–H groups in total. The Labute approximate surface area is 197 Å². The first-order chi connectivity index (χ1) is 16.5. The lowest BCUT2D eigenvalue weighted by atomic mass is 9.83. The third-order valence-corrected chi connectivity index (χ3v) is 5.46. The second kappa shape index (κ2) is 10.0. The molecule has 1 aliphatic rings. The quantitative estimate of drug-likeness (QED) is 0.413. The second-order valence-electron chi connectivity index (χ2n) is 7.59. The first-order valence-electron chi connectivity index (χ1n) is 10.8. The maximum absolute atomic E-state index is 12.5. The molecule has 0 spiro atoms. The minimum atomic E-state index is -0.472. The van der Waals surface area contributed by atoms with E-state index in [1.54, 1.807) is 37.4 Å². The number of ether oxygens (including phenoxy) is 4. The number of nitrogens with zero attached hydrogens (tertiary/aromatic N) is 1. The summed E-state index contributed by atoms with van der Waals surface area (Å²) in [5.41, 5.74) is 8.74. The summed E-state index contributed by atoms with van der Waals surface area (Å²) in [5, 5.41) is 9.80. The van der Waals surface area contributed by atoms with Gasteiger partial charge in [0.2, 0.25) is 5.88 Å². The highest BCUT2D eigenvalue weighted by atomic mass is 16.5. The van der Waals surface area contributed by atoms with Gasteiger partial charge in [0.05, 0.1) is 26.1 Å². The lowest BCUT2D eigenvalue weighted by Crippen LogP contribution is -2.21. The standard InChI is InChI=1S/C27H24N2O5/c1-3-32-23-7-5-4-6-20(23)26-21-13-12-19(15-24(21)34-27(29)22(26)16-28)33-25(30)14-17-8-10-18(31-2)11-9-17/h4-13,15,26H,3,14,29H2,1-2H3. The van der Waals surface area contributed by atoms with E-state index in [2.05, 4.69) is 6.07 Å². The van der Waals surface area contributed by atoms with Crippen LogP contribution in [0.5, 0.6) is 23.0 Å². The van der Waals surface area contributed by atoms with Crippen molar-refractivity contribution < 1.29 is 23.7 Å². The SMILES string of the molecule is CCOc1ccccc1C1C(C#N)=C(N)Oc2cc(OC(=O)Cc3ccc(OC)cc3)ccc21. The van der Waals surface area contributed by atoms with Gasteiger partial charge in [-0.25, -0.2) is 0 Å². The number of para-hydroxylation sites is 1. The summed E-state index contributed by atoms with van der Waals surface area (Å²) in [5.74, 6) is 1.24. The number of nitrogens with two attached hydrogens (primary N) is 1. The number of benzene rings is 3. The number of rotatable bonds is 7. The van der Waals surface area contributed by atoms with Crippen molar-refractivity contribution in [3.63, 3.8) is 0 Å². The number of carbonyl (C=O) groups excluding carboxylic acids is 1. The van der Waals surface area contributed by atoms with Crippen LogP contribution < -0.4 is 24.7 Å². The van der Waals surface area contributed by atoms with Crippen LogP contribution in [-0.2, 0) is 11.2 Å². The van der Waals surface area contributed by atoms with Gasteiger partial charge in [0.15, 0.2) is 0 Å². The van der Waals surface area contributed by atoms with Crippen molar-refractivity contribution in [3.8, 4) is 29.1 Å². The Balaban J connectivity index is 1.61. The molecule has 0 fully saturated rings. The van der Waals surface area contributed by atoms with E-state index in [4.69, 9.17) is 24.7 Å². The van der Waals surface area contributed by atoms with Crippen LogP contribution in [0.1, 0.15) is 29.5 Å². The highest BCUT2D eigenvalue weighted by Crippen LogP contribution is 2.45. The van der Waals surface area contributed by atoms with Gasteiger partial charge in [-0.3, -0.25) is 4.79 Å². The minimum Gasteiger partial charge on any atom is -0.497 e. The van der Waals surface area contributed by atoms with Crippen LogP contribution in [0.2, 0.25) is 0 Å². The number of esters is 1. The van der Waals surface area contributed by atoms with Crippen molar-refractivity contribution in [2.45, 2.75) is 19.3 Å². The average molecular weight is 456 g/mol. The maximum atomic E-state index is 12.5. The first-order valence-corrected chi connectivity index (χ1v) is 10.8. The molecule has 1 aliphatic heterocycles. The molecule has 1 atom stereocenters. The van der Waals surface area contributed by atoms with E-state index in [9.17, 15) is 10.1 Å². The van der Waals surface area contributed by atoms with E-state index < -0.39 is 11.9 Å². The number of hydrogen-bond donors (Lipinski definition) is 1. The molecule has 0 bridgehead atoms. The van der Waals surface area contributed by atoms with E-state index in [-0.39, 0.29) is 12.3 Å². The number of carbonyl (C=O) groups is 1. The highest BCUT2D eigenvalue weighted by Gasteiger charge is 2.32. The van der Waals surface area contributed by atoms with Gasteiger partial charge in [-0.15, -0.1) is 0 Å². The third kappa shape index (κ3) is 4.66. The second-order valence-corrected chi connectivity index (χ2v) is 7.59. The Kier molecular flexibility index (Phi) is 6.69. The van der Waals surface area contributed by atoms with Crippen LogP contribution in [0.3, 0.4) is 0 Å². The van der Waals surface area contributed by atoms with E-state index in [1.807, 2.05) is 43.3 Å². The predicted octanol–water partition coefficient (Wildman–Crippen LogP) is 4.46. The van der Waals surface area contributed by atoms with Gasteiger partial charge in [-0.1, -0.05) is 36.4 Å². The highest BCUT2D eigenvalue weighted by molar-refractivity contribution is 5.75. The van der Waals surface area contributed by atoms with Gasteiger partial charge in [-0.05, 0) is 36.8 Å². The first kappa shape index (κ1) is 22.7. The molecule has 1 heterocycles. The summed E-state index contributed by atoms with van der Waals surface area (Å²) in [4.78, 5) is 12.5. The molecule has 3 aromatic rings. The zero-order valence-corrected chi connectivity index (χ0v) is 18.9. The van der Waals surface area contributed by atoms with Gasteiger partial charge < -0.3 is 24.7 Å². The molecule has 3 aromatic carbocycles. The smallest absolute Gasteiger partial charge is 0.315 e. The van der Waals surface area contributed by atoms with Crippen LogP contribution in [0.25, 0.3) is 0 Å². The number of fused-ring (bicyclic) bond motifs is 1. The van der Waals surface area contributed by atoms with Crippen molar-refractivity contribution in [2.24, 2.45) is 5.73 Å². The van der Waals surface area contributed by atoms with Gasteiger partial charge in [0.25, 0.3) is 0 Å². The molecule has 172 valence electrons. The van der Waals surface area contributed by atoms with Crippen molar-refractivity contribution in [3.05, 3.63) is 94.9 Å².